The number of carbonyl (C=O) groups excluding carboxylic acids is 1. The number of hydrogen-bond donors (Lipinski definition) is 1. The lowest BCUT2D eigenvalue weighted by Gasteiger charge is -2.31. The highest BCUT2D eigenvalue weighted by Gasteiger charge is 2.31. The number of hydrogen-bond acceptors (Lipinski definition) is 5. The Morgan fingerprint density at radius 1 is 1.11 bits per heavy atom. The van der Waals surface area contributed by atoms with E-state index in [1.165, 1.54) is 46.4 Å². The van der Waals surface area contributed by atoms with Gasteiger partial charge in [0.1, 0.15) is 12.1 Å². The molecule has 1 aliphatic heterocycles. The fraction of sp³-hybridized carbons (Fsp3) is 0.371. The number of halogens is 3. The van der Waals surface area contributed by atoms with Crippen molar-refractivity contribution < 1.29 is 22.7 Å². The number of urea groups is 1. The molecule has 2 heterocycles. The number of alkyl halides is 3. The summed E-state index contributed by atoms with van der Waals surface area (Å²) in [5, 5.41) is 8.21. The van der Waals surface area contributed by atoms with Crippen molar-refractivity contribution >= 4 is 28.6 Å². The number of benzene rings is 3. The molecule has 12 heteroatoms. The Bertz CT molecular complexity index is 1670. The molecule has 2 amide bonds. The maximum Gasteiger partial charge on any atom is 0.573 e. The van der Waals surface area contributed by atoms with Gasteiger partial charge in [0.2, 0.25) is 0 Å². The Morgan fingerprint density at radius 2 is 1.87 bits per heavy atom. The number of amidine groups is 1. The predicted octanol–water partition coefficient (Wildman–Crippen LogP) is 8.69. The molecule has 0 aliphatic carbocycles. The lowest BCUT2D eigenvalue weighted by molar-refractivity contribution is -0.274. The molecular weight excluding hydrogens is 625 g/mol. The number of aryl methyl sites for hydroxylation is 2. The minimum atomic E-state index is -4.74. The standard InChI is InChI=1S/C35H39F3N6O2S/c1-4-7-27-10-9-24(2)22-31(27)43-20-6-21-47-34(43)41-33(45)39-19-5-8-25(3)26-11-13-28(14-12-26)32-40-23-44(42-32)29-15-17-30(18-16-29)46-35(36,37)38/h9-18,22-23,25H,4-8,19-21H2,1-3H3,(H,39,45). The van der Waals surface area contributed by atoms with Crippen LogP contribution in [0.25, 0.3) is 17.1 Å². The van der Waals surface area contributed by atoms with E-state index in [2.05, 4.69) is 69.0 Å². The van der Waals surface area contributed by atoms with E-state index >= 15 is 0 Å². The van der Waals surface area contributed by atoms with Gasteiger partial charge in [-0.05, 0) is 85.5 Å². The molecule has 1 N–H and O–H groups in total. The number of aliphatic imine (C=N–C) groups is 1. The second-order valence-corrected chi connectivity index (χ2v) is 12.6. The minimum absolute atomic E-state index is 0.276. The van der Waals surface area contributed by atoms with Gasteiger partial charge in [0.05, 0.1) is 5.69 Å². The summed E-state index contributed by atoms with van der Waals surface area (Å²) in [7, 11) is 0. The van der Waals surface area contributed by atoms with E-state index in [0.29, 0.717) is 18.1 Å². The molecule has 8 nitrogen and oxygen atoms in total. The summed E-state index contributed by atoms with van der Waals surface area (Å²) in [5.74, 6) is 1.43. The van der Waals surface area contributed by atoms with Crippen molar-refractivity contribution in [2.45, 2.75) is 65.2 Å². The Labute approximate surface area is 277 Å². The number of amides is 2. The van der Waals surface area contributed by atoms with Gasteiger partial charge < -0.3 is 15.0 Å². The van der Waals surface area contributed by atoms with Crippen molar-refractivity contribution in [3.05, 3.63) is 89.7 Å². The Morgan fingerprint density at radius 3 is 2.60 bits per heavy atom. The van der Waals surface area contributed by atoms with E-state index < -0.39 is 6.36 Å². The summed E-state index contributed by atoms with van der Waals surface area (Å²) in [6.07, 6.45) is 1.57. The third kappa shape index (κ3) is 9.37. The van der Waals surface area contributed by atoms with Crippen molar-refractivity contribution in [2.75, 3.05) is 23.7 Å². The molecule has 248 valence electrons. The van der Waals surface area contributed by atoms with E-state index in [9.17, 15) is 18.0 Å². The van der Waals surface area contributed by atoms with E-state index in [1.807, 2.05) is 24.3 Å². The molecule has 1 aliphatic rings. The number of aromatic nitrogens is 3. The smallest absolute Gasteiger partial charge is 0.406 e. The molecule has 1 fully saturated rings. The minimum Gasteiger partial charge on any atom is -0.406 e. The number of anilines is 1. The molecule has 1 unspecified atom stereocenters. The van der Waals surface area contributed by atoms with Gasteiger partial charge in [-0.1, -0.05) is 68.4 Å². The zero-order valence-electron chi connectivity index (χ0n) is 26.8. The molecule has 1 aromatic heterocycles. The number of carbonyl (C=O) groups is 1. The monoisotopic (exact) mass is 664 g/mol. The van der Waals surface area contributed by atoms with Crippen LogP contribution < -0.4 is 15.0 Å². The van der Waals surface area contributed by atoms with Gasteiger partial charge in [-0.25, -0.2) is 14.5 Å². The first-order chi connectivity index (χ1) is 22.6. The first-order valence-corrected chi connectivity index (χ1v) is 16.8. The van der Waals surface area contributed by atoms with Gasteiger partial charge in [0.15, 0.2) is 11.0 Å². The normalized spacial score (nSPS) is 15.1. The van der Waals surface area contributed by atoms with E-state index in [1.54, 1.807) is 11.8 Å². The molecule has 0 radical (unpaired) electrons. The number of rotatable bonds is 11. The molecule has 0 spiro atoms. The molecule has 47 heavy (non-hydrogen) atoms. The topological polar surface area (TPSA) is 84.6 Å². The Kier molecular flexibility index (Phi) is 11.2. The highest BCUT2D eigenvalue weighted by atomic mass is 32.2. The lowest BCUT2D eigenvalue weighted by Crippen LogP contribution is -2.36. The van der Waals surface area contributed by atoms with Crippen LogP contribution in [0.15, 0.2) is 78.0 Å². The molecule has 5 rings (SSSR count). The molecule has 4 aromatic rings. The lowest BCUT2D eigenvalue weighted by atomic mass is 9.95. The summed E-state index contributed by atoms with van der Waals surface area (Å²) in [6, 6.07) is 19.7. The van der Waals surface area contributed by atoms with Crippen molar-refractivity contribution in [3.63, 3.8) is 0 Å². The van der Waals surface area contributed by atoms with Crippen molar-refractivity contribution in [3.8, 4) is 22.8 Å². The van der Waals surface area contributed by atoms with Crippen LogP contribution in [0.5, 0.6) is 5.75 Å². The van der Waals surface area contributed by atoms with Gasteiger partial charge in [0.25, 0.3) is 0 Å². The number of nitrogens with zero attached hydrogens (tertiary/aromatic N) is 5. The van der Waals surface area contributed by atoms with Gasteiger partial charge in [0, 0.05) is 30.1 Å². The van der Waals surface area contributed by atoms with E-state index in [0.717, 1.165) is 66.4 Å². The van der Waals surface area contributed by atoms with Crippen LogP contribution >= 0.6 is 11.8 Å². The fourth-order valence-corrected chi connectivity index (χ4v) is 6.41. The fourth-order valence-electron chi connectivity index (χ4n) is 5.46. The first-order valence-electron chi connectivity index (χ1n) is 15.8. The molecule has 1 atom stereocenters. The van der Waals surface area contributed by atoms with Crippen LogP contribution in [0.1, 0.15) is 62.1 Å². The van der Waals surface area contributed by atoms with E-state index in [4.69, 9.17) is 0 Å². The average Bonchev–Trinajstić information content (AvgIpc) is 3.54. The number of nitrogens with one attached hydrogen (secondary N) is 1. The van der Waals surface area contributed by atoms with Gasteiger partial charge in [-0.3, -0.25) is 0 Å². The second-order valence-electron chi connectivity index (χ2n) is 11.6. The Hall–Kier alpha value is -4.32. The summed E-state index contributed by atoms with van der Waals surface area (Å²) in [4.78, 5) is 23.8. The third-order valence-electron chi connectivity index (χ3n) is 7.89. The highest BCUT2D eigenvalue weighted by molar-refractivity contribution is 8.14. The van der Waals surface area contributed by atoms with E-state index in [-0.39, 0.29) is 17.7 Å². The summed E-state index contributed by atoms with van der Waals surface area (Å²) in [6.45, 7) is 7.82. The van der Waals surface area contributed by atoms with Gasteiger partial charge >= 0.3 is 12.4 Å². The van der Waals surface area contributed by atoms with Gasteiger partial charge in [-0.15, -0.1) is 18.3 Å². The third-order valence-corrected chi connectivity index (χ3v) is 8.95. The van der Waals surface area contributed by atoms with Crippen LogP contribution in [0, 0.1) is 6.92 Å². The SMILES string of the molecule is CCCc1ccc(C)cc1N1CCCSC1=NC(=O)NCCCC(C)c1ccc(-c2ncn(-c3ccc(OC(F)(F)F)cc3)n2)cc1. The average molecular weight is 665 g/mol. The molecule has 3 aromatic carbocycles. The molecule has 0 bridgehead atoms. The predicted molar refractivity (Wildman–Crippen MR) is 182 cm³/mol. The van der Waals surface area contributed by atoms with Crippen LogP contribution in [0.4, 0.5) is 23.7 Å². The first kappa shape index (κ1) is 34.0. The zero-order chi connectivity index (χ0) is 33.4. The molecule has 1 saturated heterocycles. The summed E-state index contributed by atoms with van der Waals surface area (Å²) < 4.78 is 42.7. The van der Waals surface area contributed by atoms with Crippen LogP contribution in [0.2, 0.25) is 0 Å². The van der Waals surface area contributed by atoms with Gasteiger partial charge in [-0.2, -0.15) is 4.99 Å². The quantitative estimate of drug-likeness (QED) is 0.162. The number of ether oxygens (including phenoxy) is 1. The van der Waals surface area contributed by atoms with Crippen LogP contribution in [0.3, 0.4) is 0 Å². The maximum absolute atomic E-state index is 12.8. The van der Waals surface area contributed by atoms with Crippen molar-refractivity contribution in [1.82, 2.24) is 20.1 Å². The van der Waals surface area contributed by atoms with Crippen LogP contribution in [-0.4, -0.2) is 51.2 Å². The van der Waals surface area contributed by atoms with Crippen molar-refractivity contribution in [2.24, 2.45) is 4.99 Å². The number of thioether (sulfide) groups is 1. The maximum atomic E-state index is 12.8. The zero-order valence-corrected chi connectivity index (χ0v) is 27.6. The highest BCUT2D eigenvalue weighted by Crippen LogP contribution is 2.30. The van der Waals surface area contributed by atoms with Crippen LogP contribution in [-0.2, 0) is 6.42 Å². The van der Waals surface area contributed by atoms with Crippen molar-refractivity contribution in [1.29, 1.82) is 0 Å². The summed E-state index contributed by atoms with van der Waals surface area (Å²) in [5.41, 5.74) is 6.18. The second kappa shape index (κ2) is 15.5. The largest absolute Gasteiger partial charge is 0.573 e. The Balaban J connectivity index is 1.11. The summed E-state index contributed by atoms with van der Waals surface area (Å²) >= 11 is 1.64. The molecule has 0 saturated carbocycles. The molecular formula is C35H39F3N6O2S.